The maximum atomic E-state index is 13.0. The summed E-state index contributed by atoms with van der Waals surface area (Å²) in [4.78, 5) is 29.2. The topological polar surface area (TPSA) is 40.6 Å². The number of amides is 2. The van der Waals surface area contributed by atoms with E-state index in [9.17, 15) is 9.59 Å². The summed E-state index contributed by atoms with van der Waals surface area (Å²) in [6, 6.07) is 19.5. The lowest BCUT2D eigenvalue weighted by Gasteiger charge is -2.35. The fourth-order valence-electron chi connectivity index (χ4n) is 2.98. The van der Waals surface area contributed by atoms with Crippen molar-refractivity contribution in [3.8, 4) is 0 Å². The van der Waals surface area contributed by atoms with Crippen LogP contribution >= 0.6 is 0 Å². The van der Waals surface area contributed by atoms with Crippen LogP contribution in [0.2, 0.25) is 0 Å². The van der Waals surface area contributed by atoms with Crippen LogP contribution in [-0.4, -0.2) is 33.7 Å². The lowest BCUT2D eigenvalue weighted by Crippen LogP contribution is -2.52. The molecular weight excluding hydrogens is 324 g/mol. The predicted octanol–water partition coefficient (Wildman–Crippen LogP) is 3.86. The molecule has 0 spiro atoms. The summed E-state index contributed by atoms with van der Waals surface area (Å²) in [5.74, 6) is -0.915. The Labute approximate surface area is 156 Å². The molecule has 2 aromatic rings. The maximum Gasteiger partial charge on any atom is 0.312 e. The number of benzene rings is 2. The molecule has 0 aromatic heterocycles. The minimum Gasteiger partial charge on any atom is -0.330 e. The predicted molar refractivity (Wildman–Crippen MR) is 104 cm³/mol. The first-order valence-corrected chi connectivity index (χ1v) is 9.01. The van der Waals surface area contributed by atoms with Crippen molar-refractivity contribution in [2.75, 3.05) is 6.54 Å². The SMILES string of the molecule is CCN(C(=O)C(=O)N(Cc1ccccc1)Cc1ccccc1)C(C)(C)C. The highest BCUT2D eigenvalue weighted by molar-refractivity contribution is 6.35. The van der Waals surface area contributed by atoms with Crippen LogP contribution in [0.5, 0.6) is 0 Å². The van der Waals surface area contributed by atoms with E-state index >= 15 is 0 Å². The maximum absolute atomic E-state index is 13.0. The molecule has 0 aliphatic rings. The third-order valence-electron chi connectivity index (χ3n) is 4.27. The average molecular weight is 352 g/mol. The van der Waals surface area contributed by atoms with Gasteiger partial charge in [-0.15, -0.1) is 0 Å². The quantitative estimate of drug-likeness (QED) is 0.767. The Bertz CT molecular complexity index is 679. The van der Waals surface area contributed by atoms with Crippen molar-refractivity contribution in [2.24, 2.45) is 0 Å². The average Bonchev–Trinajstić information content (AvgIpc) is 2.61. The number of nitrogens with zero attached hydrogens (tertiary/aromatic N) is 2. The molecule has 138 valence electrons. The molecule has 4 nitrogen and oxygen atoms in total. The van der Waals surface area contributed by atoms with Gasteiger partial charge in [0.1, 0.15) is 0 Å². The molecule has 0 radical (unpaired) electrons. The largest absolute Gasteiger partial charge is 0.330 e. The van der Waals surface area contributed by atoms with Gasteiger partial charge in [-0.25, -0.2) is 0 Å². The van der Waals surface area contributed by atoms with Crippen molar-refractivity contribution in [3.63, 3.8) is 0 Å². The summed E-state index contributed by atoms with van der Waals surface area (Å²) in [7, 11) is 0. The van der Waals surface area contributed by atoms with Gasteiger partial charge in [0.15, 0.2) is 0 Å². The minimum absolute atomic E-state index is 0.396. The highest BCUT2D eigenvalue weighted by atomic mass is 16.2. The van der Waals surface area contributed by atoms with Gasteiger partial charge in [-0.1, -0.05) is 60.7 Å². The van der Waals surface area contributed by atoms with Crippen LogP contribution in [0.15, 0.2) is 60.7 Å². The molecule has 0 bridgehead atoms. The fraction of sp³-hybridized carbons (Fsp3) is 0.364. The van der Waals surface area contributed by atoms with E-state index in [-0.39, 0.29) is 0 Å². The second kappa shape index (κ2) is 8.65. The van der Waals surface area contributed by atoms with E-state index in [1.165, 1.54) is 0 Å². The highest BCUT2D eigenvalue weighted by Gasteiger charge is 2.32. The molecule has 0 fully saturated rings. The zero-order chi connectivity index (χ0) is 19.2. The van der Waals surface area contributed by atoms with E-state index in [1.807, 2.05) is 88.4 Å². The molecule has 26 heavy (non-hydrogen) atoms. The smallest absolute Gasteiger partial charge is 0.312 e. The Kier molecular flexibility index (Phi) is 6.56. The van der Waals surface area contributed by atoms with Crippen LogP contribution in [0.3, 0.4) is 0 Å². The fourth-order valence-corrected chi connectivity index (χ4v) is 2.98. The van der Waals surface area contributed by atoms with Crippen LogP contribution in [0.1, 0.15) is 38.8 Å². The first kappa shape index (κ1) is 19.7. The monoisotopic (exact) mass is 352 g/mol. The van der Waals surface area contributed by atoms with Crippen LogP contribution in [0.25, 0.3) is 0 Å². The zero-order valence-corrected chi connectivity index (χ0v) is 16.1. The second-order valence-corrected chi connectivity index (χ2v) is 7.35. The van der Waals surface area contributed by atoms with E-state index in [4.69, 9.17) is 0 Å². The number of rotatable bonds is 5. The Balaban J connectivity index is 2.26. The van der Waals surface area contributed by atoms with Gasteiger partial charge >= 0.3 is 11.8 Å². The van der Waals surface area contributed by atoms with Crippen molar-refractivity contribution in [1.29, 1.82) is 0 Å². The molecule has 2 rings (SSSR count). The standard InChI is InChI=1S/C22H28N2O2/c1-5-24(22(2,3)4)21(26)20(25)23(16-18-12-8-6-9-13-18)17-19-14-10-7-11-15-19/h6-15H,5,16-17H2,1-4H3. The van der Waals surface area contributed by atoms with Gasteiger partial charge in [0.2, 0.25) is 0 Å². The molecular formula is C22H28N2O2. The number of carbonyl (C=O) groups is 2. The zero-order valence-electron chi connectivity index (χ0n) is 16.1. The van der Waals surface area contributed by atoms with Crippen molar-refractivity contribution in [1.82, 2.24) is 9.80 Å². The van der Waals surface area contributed by atoms with Crippen LogP contribution in [0.4, 0.5) is 0 Å². The van der Waals surface area contributed by atoms with Gasteiger partial charge in [-0.3, -0.25) is 9.59 Å². The molecule has 0 aliphatic carbocycles. The van der Waals surface area contributed by atoms with Gasteiger partial charge in [0, 0.05) is 25.2 Å². The summed E-state index contributed by atoms with van der Waals surface area (Å²) < 4.78 is 0. The molecule has 0 aliphatic heterocycles. The first-order chi connectivity index (χ1) is 12.3. The van der Waals surface area contributed by atoms with Gasteiger partial charge in [0.05, 0.1) is 0 Å². The Morgan fingerprint density at radius 1 is 0.769 bits per heavy atom. The molecule has 2 aromatic carbocycles. The molecule has 4 heteroatoms. The Morgan fingerprint density at radius 2 is 1.19 bits per heavy atom. The van der Waals surface area contributed by atoms with E-state index in [1.54, 1.807) is 9.80 Å². The molecule has 0 saturated carbocycles. The Hall–Kier alpha value is -2.62. The summed E-state index contributed by atoms with van der Waals surface area (Å²) in [6.07, 6.45) is 0. The number of likely N-dealkylation sites (N-methyl/N-ethyl adjacent to an activating group) is 1. The molecule has 2 amide bonds. The van der Waals surface area contributed by atoms with Crippen LogP contribution in [0, 0.1) is 0 Å². The molecule has 0 atom stereocenters. The number of carbonyl (C=O) groups excluding carboxylic acids is 2. The van der Waals surface area contributed by atoms with Crippen molar-refractivity contribution in [3.05, 3.63) is 71.8 Å². The van der Waals surface area contributed by atoms with E-state index < -0.39 is 17.4 Å². The number of hydrogen-bond donors (Lipinski definition) is 0. The molecule has 0 N–H and O–H groups in total. The summed E-state index contributed by atoms with van der Waals surface area (Å²) in [6.45, 7) is 9.04. The van der Waals surface area contributed by atoms with E-state index in [0.717, 1.165) is 11.1 Å². The van der Waals surface area contributed by atoms with E-state index in [0.29, 0.717) is 19.6 Å². The van der Waals surface area contributed by atoms with Crippen LogP contribution < -0.4 is 0 Å². The first-order valence-electron chi connectivity index (χ1n) is 9.01. The van der Waals surface area contributed by atoms with Crippen LogP contribution in [-0.2, 0) is 22.7 Å². The van der Waals surface area contributed by atoms with Gasteiger partial charge in [-0.05, 0) is 38.8 Å². The van der Waals surface area contributed by atoms with Crippen molar-refractivity contribution >= 4 is 11.8 Å². The van der Waals surface area contributed by atoms with Gasteiger partial charge < -0.3 is 9.80 Å². The molecule has 0 saturated heterocycles. The normalized spacial score (nSPS) is 11.1. The summed E-state index contributed by atoms with van der Waals surface area (Å²) in [5.41, 5.74) is 1.61. The number of hydrogen-bond acceptors (Lipinski definition) is 2. The lowest BCUT2D eigenvalue weighted by atomic mass is 10.1. The lowest BCUT2D eigenvalue weighted by molar-refractivity contribution is -0.155. The van der Waals surface area contributed by atoms with Crippen molar-refractivity contribution < 1.29 is 9.59 Å². The summed E-state index contributed by atoms with van der Waals surface area (Å²) >= 11 is 0. The highest BCUT2D eigenvalue weighted by Crippen LogP contribution is 2.16. The van der Waals surface area contributed by atoms with E-state index in [2.05, 4.69) is 0 Å². The van der Waals surface area contributed by atoms with Gasteiger partial charge in [0.25, 0.3) is 0 Å². The second-order valence-electron chi connectivity index (χ2n) is 7.35. The molecule has 0 heterocycles. The third kappa shape index (κ3) is 5.19. The van der Waals surface area contributed by atoms with Gasteiger partial charge in [-0.2, -0.15) is 0 Å². The Morgan fingerprint density at radius 3 is 1.54 bits per heavy atom. The van der Waals surface area contributed by atoms with Crippen molar-refractivity contribution in [2.45, 2.75) is 46.3 Å². The summed E-state index contributed by atoms with van der Waals surface area (Å²) in [5, 5.41) is 0. The molecule has 0 unspecified atom stereocenters. The minimum atomic E-state index is -0.463. The third-order valence-corrected chi connectivity index (χ3v) is 4.27.